The van der Waals surface area contributed by atoms with E-state index in [1.807, 2.05) is 17.8 Å². The molecule has 0 aliphatic heterocycles. The Morgan fingerprint density at radius 3 is 2.77 bits per heavy atom. The lowest BCUT2D eigenvalue weighted by Gasteiger charge is -2.07. The third-order valence-corrected chi connectivity index (χ3v) is 2.90. The Bertz CT molecular complexity index is 180. The molecule has 0 heterocycles. The maximum Gasteiger partial charge on any atom is 0.000848 e. The summed E-state index contributed by atoms with van der Waals surface area (Å²) in [5.41, 5.74) is 0. The Labute approximate surface area is 86.8 Å². The van der Waals surface area contributed by atoms with Gasteiger partial charge in [-0.2, -0.15) is 0 Å². The Balaban J connectivity index is 3.57. The van der Waals surface area contributed by atoms with Crippen LogP contribution in [0.5, 0.6) is 0 Å². The van der Waals surface area contributed by atoms with Crippen molar-refractivity contribution in [3.8, 4) is 0 Å². The van der Waals surface area contributed by atoms with E-state index in [0.29, 0.717) is 5.92 Å². The Morgan fingerprint density at radius 1 is 1.54 bits per heavy atom. The molecule has 74 valence electrons. The first-order valence-electron chi connectivity index (χ1n) is 4.79. The van der Waals surface area contributed by atoms with Crippen LogP contribution in [0.4, 0.5) is 0 Å². The molecule has 0 radical (unpaired) electrons. The normalized spacial score (nSPS) is 13.1. The van der Waals surface area contributed by atoms with Gasteiger partial charge in [0.15, 0.2) is 0 Å². The van der Waals surface area contributed by atoms with Crippen molar-refractivity contribution in [2.45, 2.75) is 26.7 Å². The number of allylic oxidation sites excluding steroid dienone is 3. The lowest BCUT2D eigenvalue weighted by Crippen LogP contribution is -1.95. The molecule has 0 saturated carbocycles. The number of rotatable bonds is 7. The van der Waals surface area contributed by atoms with Gasteiger partial charge in [-0.1, -0.05) is 38.7 Å². The molecule has 0 aromatic carbocycles. The lowest BCUT2D eigenvalue weighted by molar-refractivity contribution is 0.677. The van der Waals surface area contributed by atoms with Crippen molar-refractivity contribution < 1.29 is 0 Å². The molecule has 0 bridgehead atoms. The summed E-state index contributed by atoms with van der Waals surface area (Å²) in [6, 6.07) is 0. The van der Waals surface area contributed by atoms with Crippen molar-refractivity contribution in [1.82, 2.24) is 0 Å². The number of thioether (sulfide) groups is 1. The Kier molecular flexibility index (Phi) is 7.91. The van der Waals surface area contributed by atoms with Gasteiger partial charge in [-0.05, 0) is 23.7 Å². The first-order valence-corrected chi connectivity index (χ1v) is 5.78. The lowest BCUT2D eigenvalue weighted by atomic mass is 10.1. The van der Waals surface area contributed by atoms with Crippen LogP contribution in [0.2, 0.25) is 0 Å². The zero-order valence-corrected chi connectivity index (χ0v) is 9.57. The summed E-state index contributed by atoms with van der Waals surface area (Å²) in [6.45, 7) is 12.1. The van der Waals surface area contributed by atoms with E-state index in [1.54, 1.807) is 0 Å². The molecule has 0 aromatic heterocycles. The summed E-state index contributed by atoms with van der Waals surface area (Å²) in [6.07, 6.45) is 8.41. The van der Waals surface area contributed by atoms with E-state index in [2.05, 4.69) is 39.2 Å². The van der Waals surface area contributed by atoms with E-state index in [4.69, 9.17) is 0 Å². The van der Waals surface area contributed by atoms with E-state index >= 15 is 0 Å². The molecule has 0 aliphatic carbocycles. The summed E-state index contributed by atoms with van der Waals surface area (Å²) in [5, 5.41) is 0. The SMILES string of the molecule is C=CCC(C)CSC(=C)C=CCC. The van der Waals surface area contributed by atoms with Gasteiger partial charge in [0, 0.05) is 5.75 Å². The van der Waals surface area contributed by atoms with Gasteiger partial charge in [0.25, 0.3) is 0 Å². The average molecular weight is 196 g/mol. The highest BCUT2D eigenvalue weighted by Crippen LogP contribution is 2.20. The van der Waals surface area contributed by atoms with Crippen molar-refractivity contribution in [2.75, 3.05) is 5.75 Å². The molecule has 0 rings (SSSR count). The predicted octanol–water partition coefficient (Wildman–Crippen LogP) is 4.41. The topological polar surface area (TPSA) is 0 Å². The fraction of sp³-hybridized carbons (Fsp3) is 0.500. The maximum atomic E-state index is 3.97. The van der Waals surface area contributed by atoms with Gasteiger partial charge in [-0.25, -0.2) is 0 Å². The molecule has 0 N–H and O–H groups in total. The second-order valence-electron chi connectivity index (χ2n) is 3.22. The minimum absolute atomic E-state index is 0.703. The van der Waals surface area contributed by atoms with Crippen molar-refractivity contribution >= 4 is 11.8 Å². The van der Waals surface area contributed by atoms with Gasteiger partial charge in [0.05, 0.1) is 0 Å². The van der Waals surface area contributed by atoms with E-state index in [9.17, 15) is 0 Å². The third kappa shape index (κ3) is 7.92. The highest BCUT2D eigenvalue weighted by molar-refractivity contribution is 8.03. The molecule has 1 heteroatoms. The van der Waals surface area contributed by atoms with Crippen LogP contribution in [0.3, 0.4) is 0 Å². The average Bonchev–Trinajstić information content (AvgIpc) is 2.12. The van der Waals surface area contributed by atoms with Crippen molar-refractivity contribution in [1.29, 1.82) is 0 Å². The van der Waals surface area contributed by atoms with Crippen LogP contribution in [0, 0.1) is 5.92 Å². The van der Waals surface area contributed by atoms with Gasteiger partial charge < -0.3 is 0 Å². The first-order chi connectivity index (χ1) is 6.20. The van der Waals surface area contributed by atoms with Crippen molar-refractivity contribution in [3.63, 3.8) is 0 Å². The quantitative estimate of drug-likeness (QED) is 0.429. The van der Waals surface area contributed by atoms with Crippen LogP contribution in [0.15, 0.2) is 36.3 Å². The zero-order chi connectivity index (χ0) is 10.1. The smallest absolute Gasteiger partial charge is 0.000848 e. The van der Waals surface area contributed by atoms with E-state index in [-0.39, 0.29) is 0 Å². The molecule has 1 unspecified atom stereocenters. The third-order valence-electron chi connectivity index (χ3n) is 1.66. The van der Waals surface area contributed by atoms with Gasteiger partial charge in [0.1, 0.15) is 0 Å². The van der Waals surface area contributed by atoms with Crippen LogP contribution in [0.1, 0.15) is 26.7 Å². The molecule has 0 nitrogen and oxygen atoms in total. The van der Waals surface area contributed by atoms with Crippen LogP contribution in [0.25, 0.3) is 0 Å². The van der Waals surface area contributed by atoms with E-state index in [0.717, 1.165) is 23.5 Å². The molecular weight excluding hydrogens is 176 g/mol. The Hall–Kier alpha value is -0.430. The molecule has 0 spiro atoms. The van der Waals surface area contributed by atoms with Crippen LogP contribution in [-0.2, 0) is 0 Å². The van der Waals surface area contributed by atoms with Gasteiger partial charge in [-0.15, -0.1) is 18.3 Å². The summed E-state index contributed by atoms with van der Waals surface area (Å²) < 4.78 is 0. The van der Waals surface area contributed by atoms with Crippen molar-refractivity contribution in [3.05, 3.63) is 36.3 Å². The van der Waals surface area contributed by atoms with Gasteiger partial charge in [0.2, 0.25) is 0 Å². The second kappa shape index (κ2) is 8.18. The molecule has 0 aliphatic rings. The zero-order valence-electron chi connectivity index (χ0n) is 8.75. The van der Waals surface area contributed by atoms with Crippen LogP contribution < -0.4 is 0 Å². The molecule has 0 aromatic rings. The number of hydrogen-bond acceptors (Lipinski definition) is 1. The van der Waals surface area contributed by atoms with Crippen molar-refractivity contribution in [2.24, 2.45) is 5.92 Å². The maximum absolute atomic E-state index is 3.97. The minimum atomic E-state index is 0.703. The summed E-state index contributed by atoms with van der Waals surface area (Å²) in [4.78, 5) is 1.16. The molecular formula is C12H20S. The molecule has 0 amide bonds. The van der Waals surface area contributed by atoms with Gasteiger partial charge >= 0.3 is 0 Å². The van der Waals surface area contributed by atoms with Crippen LogP contribution >= 0.6 is 11.8 Å². The molecule has 13 heavy (non-hydrogen) atoms. The Morgan fingerprint density at radius 2 is 2.23 bits per heavy atom. The van der Waals surface area contributed by atoms with E-state index in [1.165, 1.54) is 0 Å². The summed E-state index contributed by atoms with van der Waals surface area (Å²) in [5.74, 6) is 1.84. The first kappa shape index (κ1) is 12.6. The highest BCUT2D eigenvalue weighted by atomic mass is 32.2. The largest absolute Gasteiger partial charge is 0.127 e. The molecule has 0 saturated heterocycles. The highest BCUT2D eigenvalue weighted by Gasteiger charge is 1.99. The summed E-state index contributed by atoms with van der Waals surface area (Å²) >= 11 is 1.84. The van der Waals surface area contributed by atoms with E-state index < -0.39 is 0 Å². The predicted molar refractivity (Wildman–Crippen MR) is 65.0 cm³/mol. The fourth-order valence-corrected chi connectivity index (χ4v) is 1.73. The molecule has 1 atom stereocenters. The fourth-order valence-electron chi connectivity index (χ4n) is 0.899. The van der Waals surface area contributed by atoms with Gasteiger partial charge in [-0.3, -0.25) is 0 Å². The standard InChI is InChI=1S/C12H20S/c1-5-7-9-12(4)13-10-11(3)8-6-2/h6-7,9,11H,2,4-5,8,10H2,1,3H3. The van der Waals surface area contributed by atoms with Crippen LogP contribution in [-0.4, -0.2) is 5.75 Å². The molecule has 0 fully saturated rings. The summed E-state index contributed by atoms with van der Waals surface area (Å²) in [7, 11) is 0. The number of hydrogen-bond donors (Lipinski definition) is 0. The second-order valence-corrected chi connectivity index (χ2v) is 4.36. The minimum Gasteiger partial charge on any atom is -0.127 e. The monoisotopic (exact) mass is 196 g/mol.